The Kier molecular flexibility index (Phi) is 4.71. The van der Waals surface area contributed by atoms with Crippen molar-refractivity contribution in [3.8, 4) is 28.1 Å². The van der Waals surface area contributed by atoms with Crippen LogP contribution < -0.4 is 10.2 Å². The lowest BCUT2D eigenvalue weighted by Gasteiger charge is -2.39. The molecule has 5 nitrogen and oxygen atoms in total. The molecule has 0 aliphatic carbocycles. The maximum absolute atomic E-state index is 12.7. The van der Waals surface area contributed by atoms with Gasteiger partial charge in [0.1, 0.15) is 11.3 Å². The van der Waals surface area contributed by atoms with E-state index >= 15 is 0 Å². The Morgan fingerprint density at radius 3 is 2.50 bits per heavy atom. The number of hydrogen-bond donors (Lipinski definition) is 1. The van der Waals surface area contributed by atoms with Crippen LogP contribution in [0.5, 0.6) is 5.75 Å². The van der Waals surface area contributed by atoms with Crippen LogP contribution in [-0.4, -0.2) is 22.2 Å². The van der Waals surface area contributed by atoms with E-state index in [1.54, 1.807) is 0 Å². The molecule has 3 heterocycles. The fourth-order valence-electron chi connectivity index (χ4n) is 4.95. The molecule has 2 aliphatic heterocycles. The monoisotopic (exact) mass is 449 g/mol. The molecule has 0 fully saturated rings. The van der Waals surface area contributed by atoms with Gasteiger partial charge in [0.25, 0.3) is 0 Å². The molecule has 0 unspecified atom stereocenters. The van der Waals surface area contributed by atoms with Crippen molar-refractivity contribution < 1.29 is 14.6 Å². The van der Waals surface area contributed by atoms with Gasteiger partial charge in [0.2, 0.25) is 0 Å². The number of carbonyl (C=O) groups is 1. The number of aromatic carboxylic acids is 1. The molecule has 2 aliphatic rings. The zero-order valence-corrected chi connectivity index (χ0v) is 19.0. The van der Waals surface area contributed by atoms with Crippen molar-refractivity contribution in [2.24, 2.45) is 5.41 Å². The van der Waals surface area contributed by atoms with Crippen LogP contribution in [0.1, 0.15) is 48.3 Å². The number of ether oxygens (including phenoxy) is 1. The molecule has 1 aromatic heterocycles. The summed E-state index contributed by atoms with van der Waals surface area (Å²) >= 11 is 6.10. The second-order valence-corrected chi connectivity index (χ2v) is 10.0. The van der Waals surface area contributed by atoms with Gasteiger partial charge in [0, 0.05) is 46.4 Å². The number of carboxylic acids is 1. The number of carboxylic acid groups (broad SMARTS) is 1. The molecule has 0 bridgehead atoms. The van der Waals surface area contributed by atoms with Crippen molar-refractivity contribution >= 4 is 17.6 Å². The molecule has 5 rings (SSSR count). The van der Waals surface area contributed by atoms with Gasteiger partial charge in [-0.05, 0) is 41.2 Å². The predicted octanol–water partition coefficient (Wildman–Crippen LogP) is 5.61. The second-order valence-electron chi connectivity index (χ2n) is 9.60. The normalized spacial score (nSPS) is 16.7. The van der Waals surface area contributed by atoms with Gasteiger partial charge in [-0.15, -0.1) is 0 Å². The smallest absolute Gasteiger partial charge is 0.341 e. The summed E-state index contributed by atoms with van der Waals surface area (Å²) in [6.07, 6.45) is 3.08. The fraction of sp³-hybridized carbons (Fsp3) is 0.308. The van der Waals surface area contributed by atoms with E-state index in [-0.39, 0.29) is 17.0 Å². The minimum atomic E-state index is -1.20. The lowest BCUT2D eigenvalue weighted by molar-refractivity contribution is 0.0693. The minimum absolute atomic E-state index is 0.00906. The van der Waals surface area contributed by atoms with Crippen LogP contribution in [0.2, 0.25) is 5.02 Å². The van der Waals surface area contributed by atoms with Gasteiger partial charge in [-0.3, -0.25) is 4.79 Å². The van der Waals surface area contributed by atoms with Gasteiger partial charge in [-0.2, -0.15) is 0 Å². The van der Waals surface area contributed by atoms with Gasteiger partial charge >= 0.3 is 5.97 Å². The van der Waals surface area contributed by atoms with E-state index in [2.05, 4.69) is 26.8 Å². The van der Waals surface area contributed by atoms with E-state index in [0.29, 0.717) is 11.6 Å². The molecule has 0 spiro atoms. The maximum atomic E-state index is 12.7. The first-order chi connectivity index (χ1) is 15.1. The first-order valence-electron chi connectivity index (χ1n) is 10.7. The minimum Gasteiger partial charge on any atom is -0.492 e. The summed E-state index contributed by atoms with van der Waals surface area (Å²) < 4.78 is 8.07. The summed E-state index contributed by atoms with van der Waals surface area (Å²) in [5, 5.41) is 10.2. The topological polar surface area (TPSA) is 68.5 Å². The highest BCUT2D eigenvalue weighted by molar-refractivity contribution is 6.30. The van der Waals surface area contributed by atoms with E-state index in [1.807, 2.05) is 28.8 Å². The lowest BCUT2D eigenvalue weighted by atomic mass is 9.76. The van der Waals surface area contributed by atoms with E-state index in [9.17, 15) is 14.7 Å². The van der Waals surface area contributed by atoms with Gasteiger partial charge in [0.05, 0.1) is 12.3 Å². The standard InChI is InChI=1S/C26H24ClNO4/c1-26(2,3)23-11-18-16-8-9-32-24(16)17(14-4-6-15(27)7-5-14)10-19(18)21-12-22(29)20(25(30)31)13-28(21)23/h4-7,10,12-13,23H,8-9,11H2,1-3H3,(H,30,31)/t23-/m0/s1. The molecule has 2 aromatic carbocycles. The second kappa shape index (κ2) is 7.24. The molecule has 164 valence electrons. The molecular weight excluding hydrogens is 426 g/mol. The summed E-state index contributed by atoms with van der Waals surface area (Å²) in [5.41, 5.74) is 5.23. The molecular formula is C26H24ClNO4. The number of benzene rings is 2. The van der Waals surface area contributed by atoms with Crippen LogP contribution in [0.4, 0.5) is 0 Å². The van der Waals surface area contributed by atoms with Gasteiger partial charge in [-0.1, -0.05) is 44.5 Å². The number of nitrogens with zero attached hydrogens (tertiary/aromatic N) is 1. The van der Waals surface area contributed by atoms with E-state index in [4.69, 9.17) is 16.3 Å². The van der Waals surface area contributed by atoms with E-state index in [1.165, 1.54) is 23.4 Å². The fourth-order valence-corrected chi connectivity index (χ4v) is 5.07. The Hall–Kier alpha value is -3.05. The van der Waals surface area contributed by atoms with Crippen molar-refractivity contribution in [2.45, 2.75) is 39.7 Å². The summed E-state index contributed by atoms with van der Waals surface area (Å²) in [7, 11) is 0. The third kappa shape index (κ3) is 3.23. The molecule has 0 amide bonds. The zero-order chi connectivity index (χ0) is 22.8. The van der Waals surface area contributed by atoms with Crippen LogP contribution in [0.25, 0.3) is 22.4 Å². The van der Waals surface area contributed by atoms with Gasteiger partial charge < -0.3 is 14.4 Å². The van der Waals surface area contributed by atoms with E-state index in [0.717, 1.165) is 41.0 Å². The number of aromatic nitrogens is 1. The average molecular weight is 450 g/mol. The molecule has 0 saturated heterocycles. The third-order valence-electron chi connectivity index (χ3n) is 6.57. The molecule has 0 saturated carbocycles. The number of fused-ring (bicyclic) bond motifs is 5. The SMILES string of the molecule is CC(C)(C)[C@@H]1Cc2c(cc(-c3ccc(Cl)cc3)c3c2CCO3)-c2cc(=O)c(C(=O)O)cn21. The summed E-state index contributed by atoms with van der Waals surface area (Å²) in [4.78, 5) is 24.4. The molecule has 3 aromatic rings. The Bertz CT molecular complexity index is 1320. The van der Waals surface area contributed by atoms with Crippen LogP contribution >= 0.6 is 11.6 Å². The van der Waals surface area contributed by atoms with Crippen LogP contribution in [0.3, 0.4) is 0 Å². The van der Waals surface area contributed by atoms with Gasteiger partial charge in [0.15, 0.2) is 5.43 Å². The number of halogens is 1. The van der Waals surface area contributed by atoms with Gasteiger partial charge in [-0.25, -0.2) is 4.79 Å². The first-order valence-corrected chi connectivity index (χ1v) is 11.1. The summed E-state index contributed by atoms with van der Waals surface area (Å²) in [6, 6.07) is 11.2. The first kappa shape index (κ1) is 20.8. The molecule has 0 radical (unpaired) electrons. The summed E-state index contributed by atoms with van der Waals surface area (Å²) in [5.74, 6) is -0.301. The predicted molar refractivity (Wildman–Crippen MR) is 125 cm³/mol. The van der Waals surface area contributed by atoms with Crippen molar-refractivity contribution in [3.63, 3.8) is 0 Å². The zero-order valence-electron chi connectivity index (χ0n) is 18.2. The third-order valence-corrected chi connectivity index (χ3v) is 6.82. The largest absolute Gasteiger partial charge is 0.492 e. The molecule has 1 atom stereocenters. The van der Waals surface area contributed by atoms with E-state index < -0.39 is 11.4 Å². The Morgan fingerprint density at radius 1 is 1.12 bits per heavy atom. The van der Waals surface area contributed by atoms with Crippen LogP contribution in [0.15, 0.2) is 47.4 Å². The van der Waals surface area contributed by atoms with Crippen LogP contribution in [0, 0.1) is 5.41 Å². The number of hydrogen-bond acceptors (Lipinski definition) is 3. The highest BCUT2D eigenvalue weighted by Gasteiger charge is 2.36. The Morgan fingerprint density at radius 2 is 1.84 bits per heavy atom. The van der Waals surface area contributed by atoms with Crippen molar-refractivity contribution in [3.05, 3.63) is 74.5 Å². The lowest BCUT2D eigenvalue weighted by Crippen LogP contribution is -2.33. The van der Waals surface area contributed by atoms with Crippen molar-refractivity contribution in [1.29, 1.82) is 0 Å². The highest BCUT2D eigenvalue weighted by atomic mass is 35.5. The van der Waals surface area contributed by atoms with Crippen molar-refractivity contribution in [1.82, 2.24) is 4.57 Å². The summed E-state index contributed by atoms with van der Waals surface area (Å²) in [6.45, 7) is 7.05. The van der Waals surface area contributed by atoms with Crippen LogP contribution in [-0.2, 0) is 12.8 Å². The number of rotatable bonds is 2. The Labute approximate surface area is 191 Å². The Balaban J connectivity index is 1.82. The average Bonchev–Trinajstić information content (AvgIpc) is 3.22. The van der Waals surface area contributed by atoms with Crippen molar-refractivity contribution in [2.75, 3.05) is 6.61 Å². The maximum Gasteiger partial charge on any atom is 0.341 e. The number of pyridine rings is 1. The molecule has 32 heavy (non-hydrogen) atoms. The molecule has 6 heteroatoms. The molecule has 1 N–H and O–H groups in total. The quantitative estimate of drug-likeness (QED) is 0.552. The highest BCUT2D eigenvalue weighted by Crippen LogP contribution is 2.49.